The molecule has 0 aromatic heterocycles. The summed E-state index contributed by atoms with van der Waals surface area (Å²) in [6, 6.07) is 14.1. The van der Waals surface area contributed by atoms with Crippen LogP contribution in [0.4, 0.5) is 0 Å². The molecule has 0 unspecified atom stereocenters. The molecular formula is C25H32N2O5. The Morgan fingerprint density at radius 2 is 1.84 bits per heavy atom. The van der Waals surface area contributed by atoms with Crippen molar-refractivity contribution in [3.8, 4) is 17.2 Å². The van der Waals surface area contributed by atoms with Gasteiger partial charge in [0.15, 0.2) is 11.5 Å². The van der Waals surface area contributed by atoms with Crippen molar-refractivity contribution in [2.45, 2.75) is 31.8 Å². The average molecular weight is 441 g/mol. The zero-order chi connectivity index (χ0) is 22.2. The van der Waals surface area contributed by atoms with Crippen molar-refractivity contribution in [3.63, 3.8) is 0 Å². The van der Waals surface area contributed by atoms with Crippen LogP contribution in [0.25, 0.3) is 0 Å². The number of hydrogen-bond acceptors (Lipinski definition) is 6. The lowest BCUT2D eigenvalue weighted by atomic mass is 10.1. The van der Waals surface area contributed by atoms with Gasteiger partial charge in [0.25, 0.3) is 0 Å². The van der Waals surface area contributed by atoms with Crippen LogP contribution in [0.3, 0.4) is 0 Å². The minimum Gasteiger partial charge on any atom is -0.492 e. The van der Waals surface area contributed by atoms with Crippen LogP contribution < -0.4 is 19.5 Å². The molecule has 0 atom stereocenters. The molecule has 32 heavy (non-hydrogen) atoms. The summed E-state index contributed by atoms with van der Waals surface area (Å²) < 4.78 is 22.5. The standard InChI is InChI=1S/C25H32N2O5/c1-27(21-7-10-29-11-8-21)9-12-30-22-4-2-3-20(15-22)18-26-25(28)17-19-5-6-23-24(16-19)32-14-13-31-23/h2-6,15-16,21H,7-14,17-18H2,1H3,(H,26,28). The fourth-order valence-corrected chi connectivity index (χ4v) is 4.01. The van der Waals surface area contributed by atoms with Gasteiger partial charge in [-0.1, -0.05) is 18.2 Å². The van der Waals surface area contributed by atoms with Crippen LogP contribution >= 0.6 is 0 Å². The Kier molecular flexibility index (Phi) is 7.85. The Bertz CT molecular complexity index is 898. The normalized spacial score (nSPS) is 16.1. The van der Waals surface area contributed by atoms with Gasteiger partial charge in [-0.2, -0.15) is 0 Å². The highest BCUT2D eigenvalue weighted by atomic mass is 16.6. The second-order valence-corrected chi connectivity index (χ2v) is 8.25. The van der Waals surface area contributed by atoms with E-state index < -0.39 is 0 Å². The number of carbonyl (C=O) groups excluding carboxylic acids is 1. The van der Waals surface area contributed by atoms with Gasteiger partial charge in [0, 0.05) is 32.3 Å². The zero-order valence-corrected chi connectivity index (χ0v) is 18.7. The molecule has 7 heteroatoms. The van der Waals surface area contributed by atoms with Gasteiger partial charge in [-0.25, -0.2) is 0 Å². The highest BCUT2D eigenvalue weighted by molar-refractivity contribution is 5.78. The molecule has 2 aliphatic heterocycles. The van der Waals surface area contributed by atoms with E-state index in [2.05, 4.69) is 17.3 Å². The van der Waals surface area contributed by atoms with Crippen LogP contribution in [0, 0.1) is 0 Å². The van der Waals surface area contributed by atoms with Crippen molar-refractivity contribution in [1.82, 2.24) is 10.2 Å². The van der Waals surface area contributed by atoms with E-state index in [-0.39, 0.29) is 5.91 Å². The Morgan fingerprint density at radius 3 is 2.69 bits per heavy atom. The van der Waals surface area contributed by atoms with E-state index >= 15 is 0 Å². The molecule has 1 fully saturated rings. The summed E-state index contributed by atoms with van der Waals surface area (Å²) in [5.74, 6) is 2.22. The first-order valence-corrected chi connectivity index (χ1v) is 11.3. The molecular weight excluding hydrogens is 408 g/mol. The third-order valence-electron chi connectivity index (χ3n) is 5.89. The van der Waals surface area contributed by atoms with E-state index in [4.69, 9.17) is 18.9 Å². The predicted molar refractivity (Wildman–Crippen MR) is 121 cm³/mol. The van der Waals surface area contributed by atoms with Crippen LogP contribution in [0.5, 0.6) is 17.2 Å². The molecule has 1 N–H and O–H groups in total. The number of likely N-dealkylation sites (N-methyl/N-ethyl adjacent to an activating group) is 1. The average Bonchev–Trinajstić information content (AvgIpc) is 2.83. The van der Waals surface area contributed by atoms with Crippen molar-refractivity contribution in [2.24, 2.45) is 0 Å². The van der Waals surface area contributed by atoms with E-state index in [1.54, 1.807) is 0 Å². The minimum atomic E-state index is -0.0360. The quantitative estimate of drug-likeness (QED) is 0.647. The second-order valence-electron chi connectivity index (χ2n) is 8.25. The van der Waals surface area contributed by atoms with Crippen molar-refractivity contribution >= 4 is 5.91 Å². The summed E-state index contributed by atoms with van der Waals surface area (Å²) in [4.78, 5) is 14.8. The maximum atomic E-state index is 12.4. The summed E-state index contributed by atoms with van der Waals surface area (Å²) in [5.41, 5.74) is 1.91. The topological polar surface area (TPSA) is 69.3 Å². The molecule has 2 aromatic rings. The van der Waals surface area contributed by atoms with Gasteiger partial charge in [0.05, 0.1) is 6.42 Å². The molecule has 0 radical (unpaired) electrons. The molecule has 7 nitrogen and oxygen atoms in total. The van der Waals surface area contributed by atoms with Gasteiger partial charge in [-0.05, 0) is 55.3 Å². The zero-order valence-electron chi connectivity index (χ0n) is 18.7. The van der Waals surface area contributed by atoms with Gasteiger partial charge in [0.2, 0.25) is 5.91 Å². The lowest BCUT2D eigenvalue weighted by Gasteiger charge is -2.31. The molecule has 2 aliphatic rings. The third kappa shape index (κ3) is 6.37. The van der Waals surface area contributed by atoms with E-state index in [1.165, 1.54) is 0 Å². The summed E-state index contributed by atoms with van der Waals surface area (Å²) in [5, 5.41) is 2.99. The number of fused-ring (bicyclic) bond motifs is 1. The molecule has 2 aromatic carbocycles. The fraction of sp³-hybridized carbons (Fsp3) is 0.480. The molecule has 1 saturated heterocycles. The van der Waals surface area contributed by atoms with Crippen LogP contribution in [-0.4, -0.2) is 63.5 Å². The Hall–Kier alpha value is -2.77. The first kappa shape index (κ1) is 22.4. The van der Waals surface area contributed by atoms with Crippen LogP contribution in [0.15, 0.2) is 42.5 Å². The Balaban J connectivity index is 1.21. The van der Waals surface area contributed by atoms with Gasteiger partial charge in [-0.3, -0.25) is 9.69 Å². The largest absolute Gasteiger partial charge is 0.492 e. The SMILES string of the molecule is CN(CCOc1cccc(CNC(=O)Cc2ccc3c(c2)OCCO3)c1)C1CCOCC1. The van der Waals surface area contributed by atoms with Crippen LogP contribution in [0.2, 0.25) is 0 Å². The molecule has 172 valence electrons. The molecule has 4 rings (SSSR count). The molecule has 1 amide bonds. The van der Waals surface area contributed by atoms with Crippen molar-refractivity contribution < 1.29 is 23.7 Å². The smallest absolute Gasteiger partial charge is 0.224 e. The van der Waals surface area contributed by atoms with E-state index in [0.717, 1.165) is 55.2 Å². The maximum Gasteiger partial charge on any atom is 0.224 e. The molecule has 0 aliphatic carbocycles. The summed E-state index contributed by atoms with van der Waals surface area (Å²) >= 11 is 0. The van der Waals surface area contributed by atoms with Gasteiger partial charge in [-0.15, -0.1) is 0 Å². The predicted octanol–water partition coefficient (Wildman–Crippen LogP) is 2.81. The lowest BCUT2D eigenvalue weighted by molar-refractivity contribution is -0.120. The third-order valence-corrected chi connectivity index (χ3v) is 5.89. The maximum absolute atomic E-state index is 12.4. The van der Waals surface area contributed by atoms with Crippen LogP contribution in [-0.2, 0) is 22.5 Å². The first-order chi connectivity index (χ1) is 15.7. The number of ether oxygens (including phenoxy) is 4. The van der Waals surface area contributed by atoms with Crippen molar-refractivity contribution in [3.05, 3.63) is 53.6 Å². The number of carbonyl (C=O) groups is 1. The van der Waals surface area contributed by atoms with Crippen molar-refractivity contribution in [2.75, 3.05) is 46.6 Å². The van der Waals surface area contributed by atoms with Gasteiger partial charge < -0.3 is 24.3 Å². The lowest BCUT2D eigenvalue weighted by Crippen LogP contribution is -2.38. The van der Waals surface area contributed by atoms with E-state index in [9.17, 15) is 4.79 Å². The Labute approximate surface area is 189 Å². The minimum absolute atomic E-state index is 0.0360. The molecule has 2 heterocycles. The second kappa shape index (κ2) is 11.2. The van der Waals surface area contributed by atoms with Crippen LogP contribution in [0.1, 0.15) is 24.0 Å². The van der Waals surface area contributed by atoms with E-state index in [1.807, 2.05) is 42.5 Å². The monoisotopic (exact) mass is 440 g/mol. The van der Waals surface area contributed by atoms with E-state index in [0.29, 0.717) is 44.6 Å². The molecule has 0 saturated carbocycles. The highest BCUT2D eigenvalue weighted by Crippen LogP contribution is 2.30. The summed E-state index contributed by atoms with van der Waals surface area (Å²) in [6.45, 7) is 4.75. The summed E-state index contributed by atoms with van der Waals surface area (Å²) in [6.07, 6.45) is 2.46. The number of rotatable bonds is 9. The number of amides is 1. The number of nitrogens with one attached hydrogen (secondary N) is 1. The molecule has 0 spiro atoms. The number of benzene rings is 2. The molecule has 0 bridgehead atoms. The number of nitrogens with zero attached hydrogens (tertiary/aromatic N) is 1. The highest BCUT2D eigenvalue weighted by Gasteiger charge is 2.18. The number of hydrogen-bond donors (Lipinski definition) is 1. The first-order valence-electron chi connectivity index (χ1n) is 11.3. The fourth-order valence-electron chi connectivity index (χ4n) is 4.01. The Morgan fingerprint density at radius 1 is 1.03 bits per heavy atom. The van der Waals surface area contributed by atoms with Gasteiger partial charge in [0.1, 0.15) is 25.6 Å². The van der Waals surface area contributed by atoms with Crippen molar-refractivity contribution in [1.29, 1.82) is 0 Å². The van der Waals surface area contributed by atoms with Gasteiger partial charge >= 0.3 is 0 Å². The summed E-state index contributed by atoms with van der Waals surface area (Å²) in [7, 11) is 2.15.